The van der Waals surface area contributed by atoms with E-state index in [9.17, 15) is 30.7 Å². The molecule has 0 fully saturated rings. The Morgan fingerprint density at radius 1 is 0.897 bits per heavy atom. The van der Waals surface area contributed by atoms with Gasteiger partial charge in [-0.2, -0.15) is 16.8 Å². The number of carbonyl (C=O) groups excluding carboxylic acids is 1. The van der Waals surface area contributed by atoms with Crippen LogP contribution in [0.2, 0.25) is 0 Å². The van der Waals surface area contributed by atoms with Gasteiger partial charge < -0.3 is 19.1 Å². The van der Waals surface area contributed by atoms with Crippen molar-refractivity contribution in [2.24, 2.45) is 0 Å². The number of benzene rings is 1. The van der Waals surface area contributed by atoms with E-state index >= 15 is 0 Å². The smallest absolute Gasteiger partial charge is 0.265 e. The molecule has 0 heterocycles. The fraction of sp³-hybridized carbons (Fsp3) is 0.708. The fourth-order valence-electron chi connectivity index (χ4n) is 3.51. The molecule has 0 aliphatic rings. The molecular formula is C24H41NO10S4. The molecule has 39 heavy (non-hydrogen) atoms. The van der Waals surface area contributed by atoms with Crippen molar-refractivity contribution in [3.8, 4) is 0 Å². The van der Waals surface area contributed by atoms with E-state index < -0.39 is 31.7 Å². The first-order chi connectivity index (χ1) is 18.2. The number of hydrogen-bond donors (Lipinski definition) is 2. The predicted molar refractivity (Wildman–Crippen MR) is 157 cm³/mol. The standard InChI is InChI=1S/C24H41NO10S4/c1-24(2,37-36-4)8-5-23(26)25(9-10-34-13-14-35-12-11-33-3)22-18-20(6-15-38(27,28)29)17-21(19-22)7-16-39(30,31)32/h17-19H,5-16H2,1-4H3,(H,27,28,29)(H,30,31,32). The Labute approximate surface area is 240 Å². The summed E-state index contributed by atoms with van der Waals surface area (Å²) in [6.45, 7) is 6.12. The van der Waals surface area contributed by atoms with Crippen LogP contribution in [0.4, 0.5) is 5.69 Å². The second kappa shape index (κ2) is 17.8. The molecule has 0 aromatic heterocycles. The molecule has 1 rings (SSSR count). The molecule has 0 aliphatic heterocycles. The molecule has 1 aromatic carbocycles. The van der Waals surface area contributed by atoms with Gasteiger partial charge >= 0.3 is 0 Å². The molecule has 2 N–H and O–H groups in total. The van der Waals surface area contributed by atoms with Gasteiger partial charge in [0.2, 0.25) is 5.91 Å². The third-order valence-corrected chi connectivity index (χ3v) is 9.58. The maximum absolute atomic E-state index is 13.4. The van der Waals surface area contributed by atoms with E-state index in [1.54, 1.807) is 51.8 Å². The second-order valence-electron chi connectivity index (χ2n) is 9.35. The SMILES string of the molecule is COCCOCCOCCN(C(=O)CCC(C)(C)SSC)c1cc(CCS(=O)(=O)O)cc(CCS(=O)(=O)O)c1. The number of nitrogens with zero attached hydrogens (tertiary/aromatic N) is 1. The van der Waals surface area contributed by atoms with Crippen LogP contribution in [0.5, 0.6) is 0 Å². The number of hydrogen-bond acceptors (Lipinski definition) is 10. The van der Waals surface area contributed by atoms with Gasteiger partial charge in [-0.15, -0.1) is 0 Å². The van der Waals surface area contributed by atoms with Gasteiger partial charge in [0.1, 0.15) is 0 Å². The van der Waals surface area contributed by atoms with Crippen LogP contribution in [0.15, 0.2) is 18.2 Å². The number of carbonyl (C=O) groups is 1. The third-order valence-electron chi connectivity index (χ3n) is 5.46. The molecule has 1 amide bonds. The van der Waals surface area contributed by atoms with Crippen molar-refractivity contribution in [3.05, 3.63) is 29.3 Å². The molecule has 0 radical (unpaired) electrons. The molecule has 0 aliphatic carbocycles. The Hall–Kier alpha value is -0.910. The molecule has 0 saturated heterocycles. The van der Waals surface area contributed by atoms with Crippen molar-refractivity contribution in [3.63, 3.8) is 0 Å². The topological polar surface area (TPSA) is 157 Å². The summed E-state index contributed by atoms with van der Waals surface area (Å²) in [5.74, 6) is -1.24. The van der Waals surface area contributed by atoms with Gasteiger partial charge in [0.25, 0.3) is 20.2 Å². The maximum atomic E-state index is 13.4. The molecule has 0 atom stereocenters. The highest BCUT2D eigenvalue weighted by Gasteiger charge is 2.24. The third kappa shape index (κ3) is 17.5. The molecule has 0 unspecified atom stereocenters. The van der Waals surface area contributed by atoms with Crippen molar-refractivity contribution in [2.75, 3.05) is 69.4 Å². The van der Waals surface area contributed by atoms with Crippen LogP contribution in [-0.2, 0) is 52.1 Å². The highest BCUT2D eigenvalue weighted by molar-refractivity contribution is 8.76. The fourth-order valence-corrected chi connectivity index (χ4v) is 6.74. The minimum absolute atomic E-state index is 0.0414. The number of anilines is 1. The molecule has 0 saturated carbocycles. The summed E-state index contributed by atoms with van der Waals surface area (Å²) >= 11 is 0. The van der Waals surface area contributed by atoms with Crippen molar-refractivity contribution < 1.29 is 44.9 Å². The molecular weight excluding hydrogens is 591 g/mol. The Balaban J connectivity index is 3.17. The molecule has 1 aromatic rings. The average Bonchev–Trinajstić information content (AvgIpc) is 2.83. The molecule has 0 bridgehead atoms. The zero-order valence-corrected chi connectivity index (χ0v) is 26.2. The van der Waals surface area contributed by atoms with Crippen molar-refractivity contribution in [1.82, 2.24) is 0 Å². The average molecular weight is 632 g/mol. The maximum Gasteiger partial charge on any atom is 0.265 e. The van der Waals surface area contributed by atoms with Crippen LogP contribution < -0.4 is 4.90 Å². The predicted octanol–water partition coefficient (Wildman–Crippen LogP) is 3.13. The first-order valence-electron chi connectivity index (χ1n) is 12.4. The van der Waals surface area contributed by atoms with Crippen LogP contribution in [-0.4, -0.2) is 101 Å². The van der Waals surface area contributed by atoms with E-state index in [0.717, 1.165) is 0 Å². The van der Waals surface area contributed by atoms with Crippen LogP contribution in [0.25, 0.3) is 0 Å². The Kier molecular flexibility index (Phi) is 16.5. The first-order valence-corrected chi connectivity index (χ1v) is 18.1. The van der Waals surface area contributed by atoms with Gasteiger partial charge in [0.05, 0.1) is 44.5 Å². The van der Waals surface area contributed by atoms with Gasteiger partial charge in [-0.3, -0.25) is 13.9 Å². The zero-order valence-electron chi connectivity index (χ0n) is 23.0. The van der Waals surface area contributed by atoms with Crippen LogP contribution >= 0.6 is 21.6 Å². The lowest BCUT2D eigenvalue weighted by Gasteiger charge is -2.27. The summed E-state index contributed by atoms with van der Waals surface area (Å²) in [7, 11) is -3.60. The van der Waals surface area contributed by atoms with Gasteiger partial charge in [-0.25, -0.2) is 0 Å². The van der Waals surface area contributed by atoms with Gasteiger partial charge in [0.15, 0.2) is 0 Å². The van der Waals surface area contributed by atoms with Crippen molar-refractivity contribution >= 4 is 53.4 Å². The summed E-state index contributed by atoms with van der Waals surface area (Å²) < 4.78 is 79.6. The second-order valence-corrected chi connectivity index (χ2v) is 15.6. The van der Waals surface area contributed by atoms with E-state index in [1.807, 2.05) is 6.26 Å². The van der Waals surface area contributed by atoms with E-state index in [-0.39, 0.29) is 43.1 Å². The van der Waals surface area contributed by atoms with Gasteiger partial charge in [-0.1, -0.05) is 27.7 Å². The number of methoxy groups -OCH3 is 1. The zero-order chi connectivity index (χ0) is 29.5. The molecule has 15 heteroatoms. The molecule has 226 valence electrons. The minimum Gasteiger partial charge on any atom is -0.382 e. The lowest BCUT2D eigenvalue weighted by molar-refractivity contribution is -0.119. The molecule has 11 nitrogen and oxygen atoms in total. The lowest BCUT2D eigenvalue weighted by Crippen LogP contribution is -2.35. The summed E-state index contributed by atoms with van der Waals surface area (Å²) in [5, 5.41) is 0. The molecule has 0 spiro atoms. The number of ether oxygens (including phenoxy) is 3. The van der Waals surface area contributed by atoms with Crippen LogP contribution in [0, 0.1) is 0 Å². The van der Waals surface area contributed by atoms with Crippen LogP contribution in [0.1, 0.15) is 37.8 Å². The summed E-state index contributed by atoms with van der Waals surface area (Å²) in [5.41, 5.74) is 1.45. The summed E-state index contributed by atoms with van der Waals surface area (Å²) in [6, 6.07) is 4.90. The van der Waals surface area contributed by atoms with Crippen molar-refractivity contribution in [1.29, 1.82) is 0 Å². The summed E-state index contributed by atoms with van der Waals surface area (Å²) in [6.07, 6.45) is 2.75. The van der Waals surface area contributed by atoms with Gasteiger partial charge in [0, 0.05) is 30.5 Å². The number of aryl methyl sites for hydroxylation is 2. The van der Waals surface area contributed by atoms with E-state index in [4.69, 9.17) is 14.2 Å². The lowest BCUT2D eigenvalue weighted by atomic mass is 10.0. The normalized spacial score (nSPS) is 12.6. The number of rotatable bonds is 21. The van der Waals surface area contributed by atoms with Gasteiger partial charge in [-0.05, 0) is 62.6 Å². The highest BCUT2D eigenvalue weighted by Crippen LogP contribution is 2.37. The highest BCUT2D eigenvalue weighted by atomic mass is 33.1. The van der Waals surface area contributed by atoms with E-state index in [1.165, 1.54) is 0 Å². The first kappa shape index (κ1) is 36.1. The Morgan fingerprint density at radius 2 is 1.41 bits per heavy atom. The minimum atomic E-state index is -4.24. The van der Waals surface area contributed by atoms with E-state index in [0.29, 0.717) is 49.7 Å². The van der Waals surface area contributed by atoms with E-state index in [2.05, 4.69) is 13.8 Å². The Bertz CT molecular complexity index is 1040. The largest absolute Gasteiger partial charge is 0.382 e. The summed E-state index contributed by atoms with van der Waals surface area (Å²) in [4.78, 5) is 15.0. The monoisotopic (exact) mass is 631 g/mol. The quantitative estimate of drug-likeness (QED) is 0.116. The van der Waals surface area contributed by atoms with Crippen molar-refractivity contribution in [2.45, 2.75) is 44.3 Å². The Morgan fingerprint density at radius 3 is 1.90 bits per heavy atom. The number of amides is 1. The van der Waals surface area contributed by atoms with Crippen LogP contribution in [0.3, 0.4) is 0 Å².